The number of hydrogen-bond acceptors (Lipinski definition) is 3. The van der Waals surface area contributed by atoms with E-state index in [4.69, 9.17) is 4.98 Å². The van der Waals surface area contributed by atoms with Crippen LogP contribution < -0.4 is 5.56 Å². The van der Waals surface area contributed by atoms with Gasteiger partial charge in [-0.2, -0.15) is 0 Å². The summed E-state index contributed by atoms with van der Waals surface area (Å²) in [4.78, 5) is 17.1. The molecule has 4 heteroatoms. The van der Waals surface area contributed by atoms with Crippen LogP contribution in [0, 0.1) is 0 Å². The molecule has 2 aliphatic rings. The predicted molar refractivity (Wildman–Crippen MR) is 141 cm³/mol. The van der Waals surface area contributed by atoms with Gasteiger partial charge in [-0.15, -0.1) is 0 Å². The maximum Gasteiger partial charge on any atom is 0.250 e. The first-order chi connectivity index (χ1) is 16.6. The molecule has 2 aromatic carbocycles. The van der Waals surface area contributed by atoms with Gasteiger partial charge in [-0.05, 0) is 42.0 Å². The summed E-state index contributed by atoms with van der Waals surface area (Å²) in [6, 6.07) is 24.1. The number of nitrogens with zero attached hydrogens (tertiary/aromatic N) is 2. The average molecular weight is 455 g/mol. The van der Waals surface area contributed by atoms with E-state index in [1.807, 2.05) is 32.0 Å². The topological polar surface area (TPSA) is 55.1 Å². The fraction of sp³-hybridized carbons (Fsp3) is 0.333. The van der Waals surface area contributed by atoms with Crippen molar-refractivity contribution in [3.63, 3.8) is 0 Å². The second kappa shape index (κ2) is 10.8. The van der Waals surface area contributed by atoms with Gasteiger partial charge < -0.3 is 9.67 Å². The van der Waals surface area contributed by atoms with Gasteiger partial charge in [0.15, 0.2) is 0 Å². The molecule has 2 aromatic heterocycles. The summed E-state index contributed by atoms with van der Waals surface area (Å²) >= 11 is 0. The molecule has 2 heterocycles. The van der Waals surface area contributed by atoms with E-state index in [0.717, 1.165) is 46.3 Å². The summed E-state index contributed by atoms with van der Waals surface area (Å²) in [7, 11) is 1.78. The highest BCUT2D eigenvalue weighted by Gasteiger charge is 2.28. The third-order valence-electron chi connectivity index (χ3n) is 6.31. The highest BCUT2D eigenvalue weighted by molar-refractivity contribution is 5.90. The fourth-order valence-corrected chi connectivity index (χ4v) is 4.12. The Morgan fingerprint density at radius 3 is 2.09 bits per heavy atom. The molecule has 34 heavy (non-hydrogen) atoms. The summed E-state index contributed by atoms with van der Waals surface area (Å²) in [6.07, 6.45) is 6.03. The molecule has 2 aliphatic carbocycles. The molecule has 0 bridgehead atoms. The number of fused-ring (bicyclic) bond motifs is 1. The minimum Gasteiger partial charge on any atom is -0.393 e. The number of rotatable bonds is 3. The number of aromatic nitrogens is 2. The number of aryl methyl sites for hydroxylation is 1. The van der Waals surface area contributed by atoms with Crippen LogP contribution in [0.1, 0.15) is 57.4 Å². The van der Waals surface area contributed by atoms with Crippen molar-refractivity contribution in [1.82, 2.24) is 9.55 Å². The lowest BCUT2D eigenvalue weighted by molar-refractivity contribution is 0.0746. The van der Waals surface area contributed by atoms with Gasteiger partial charge in [-0.25, -0.2) is 4.98 Å². The normalized spacial score (nSPS) is 18.1. The number of pyridine rings is 2. The second-order valence-electron chi connectivity index (χ2n) is 8.89. The van der Waals surface area contributed by atoms with Gasteiger partial charge in [-0.1, -0.05) is 87.7 Å². The number of aliphatic hydroxyl groups excluding tert-OH is 1. The van der Waals surface area contributed by atoms with Gasteiger partial charge in [0.05, 0.1) is 22.8 Å². The maximum absolute atomic E-state index is 12.1. The third kappa shape index (κ3) is 5.28. The Hall–Kier alpha value is -3.24. The SMILES string of the molecule is C1CC1.CC.Cn1c(=O)ccc2nc(-c3ccc(C4CC(O)C4)cc3)c(-c3ccccc3)cc21. The molecule has 1 N–H and O–H groups in total. The molecule has 0 aliphatic heterocycles. The predicted octanol–water partition coefficient (Wildman–Crippen LogP) is 6.70. The number of aliphatic hydroxyl groups is 1. The third-order valence-corrected chi connectivity index (χ3v) is 6.31. The van der Waals surface area contributed by atoms with Crippen LogP contribution in [-0.4, -0.2) is 20.8 Å². The fourth-order valence-electron chi connectivity index (χ4n) is 4.12. The smallest absolute Gasteiger partial charge is 0.250 e. The van der Waals surface area contributed by atoms with E-state index < -0.39 is 0 Å². The Bertz CT molecular complexity index is 1280. The van der Waals surface area contributed by atoms with Crippen LogP contribution in [0.4, 0.5) is 0 Å². The zero-order valence-corrected chi connectivity index (χ0v) is 20.4. The molecule has 0 unspecified atom stereocenters. The molecule has 6 rings (SSSR count). The zero-order chi connectivity index (χ0) is 24.1. The standard InChI is InChI=1S/C25H22N2O2.C3H6.C2H6/c1-27-23-15-21(17-5-3-2-4-6-17)25(26-22(23)11-12-24(27)29)18-9-7-16(8-10-18)19-13-20(28)14-19;1-2-3-1;1-2/h2-12,15,19-20,28H,13-14H2,1H3;1-3H2;1-2H3. The molecule has 0 radical (unpaired) electrons. The van der Waals surface area contributed by atoms with E-state index in [2.05, 4.69) is 42.5 Å². The van der Waals surface area contributed by atoms with Crippen molar-refractivity contribution >= 4 is 11.0 Å². The van der Waals surface area contributed by atoms with Gasteiger partial charge in [0, 0.05) is 24.2 Å². The minimum atomic E-state index is -0.154. The Labute approximate surface area is 201 Å². The Balaban J connectivity index is 0.000000498. The first-order valence-corrected chi connectivity index (χ1v) is 12.4. The molecule has 0 atom stereocenters. The summed E-state index contributed by atoms with van der Waals surface area (Å²) in [5.74, 6) is 0.451. The Morgan fingerprint density at radius 1 is 0.853 bits per heavy atom. The quantitative estimate of drug-likeness (QED) is 0.375. The van der Waals surface area contributed by atoms with Crippen LogP contribution in [0.25, 0.3) is 33.4 Å². The van der Waals surface area contributed by atoms with Crippen LogP contribution in [0.2, 0.25) is 0 Å². The summed E-state index contributed by atoms with van der Waals surface area (Å²) in [6.45, 7) is 4.00. The maximum atomic E-state index is 12.1. The van der Waals surface area contributed by atoms with Crippen LogP contribution in [0.5, 0.6) is 0 Å². The van der Waals surface area contributed by atoms with E-state index in [-0.39, 0.29) is 11.7 Å². The molecule has 2 saturated carbocycles. The van der Waals surface area contributed by atoms with Crippen molar-refractivity contribution in [2.75, 3.05) is 0 Å². The monoisotopic (exact) mass is 454 g/mol. The van der Waals surface area contributed by atoms with Gasteiger partial charge in [0.25, 0.3) is 5.56 Å². The number of benzene rings is 2. The van der Waals surface area contributed by atoms with Crippen molar-refractivity contribution in [2.45, 2.75) is 58.0 Å². The highest BCUT2D eigenvalue weighted by Crippen LogP contribution is 2.38. The van der Waals surface area contributed by atoms with E-state index in [9.17, 15) is 9.90 Å². The lowest BCUT2D eigenvalue weighted by atomic mass is 9.77. The minimum absolute atomic E-state index is 0.0434. The first kappa shape index (κ1) is 23.9. The highest BCUT2D eigenvalue weighted by atomic mass is 16.3. The van der Waals surface area contributed by atoms with Crippen LogP contribution in [0.3, 0.4) is 0 Å². The van der Waals surface area contributed by atoms with Gasteiger partial charge in [0.2, 0.25) is 0 Å². The van der Waals surface area contributed by atoms with E-state index >= 15 is 0 Å². The van der Waals surface area contributed by atoms with Crippen molar-refractivity contribution in [2.24, 2.45) is 7.05 Å². The van der Waals surface area contributed by atoms with Crippen LogP contribution in [-0.2, 0) is 7.05 Å². The molecule has 2 fully saturated rings. The van der Waals surface area contributed by atoms with Crippen molar-refractivity contribution in [3.05, 3.63) is 88.7 Å². The molecule has 0 spiro atoms. The largest absolute Gasteiger partial charge is 0.393 e. The second-order valence-corrected chi connectivity index (χ2v) is 8.89. The molecule has 0 amide bonds. The zero-order valence-electron chi connectivity index (χ0n) is 20.4. The molecule has 4 aromatic rings. The van der Waals surface area contributed by atoms with E-state index in [1.54, 1.807) is 23.7 Å². The lowest BCUT2D eigenvalue weighted by Crippen LogP contribution is -2.26. The van der Waals surface area contributed by atoms with Crippen LogP contribution in [0.15, 0.2) is 77.6 Å². The summed E-state index contributed by atoms with van der Waals surface area (Å²) in [5, 5.41) is 9.58. The Morgan fingerprint density at radius 2 is 1.50 bits per heavy atom. The van der Waals surface area contributed by atoms with E-state index in [0.29, 0.717) is 5.92 Å². The summed E-state index contributed by atoms with van der Waals surface area (Å²) in [5.41, 5.74) is 6.87. The number of hydrogen-bond donors (Lipinski definition) is 1. The van der Waals surface area contributed by atoms with Gasteiger partial charge >= 0.3 is 0 Å². The average Bonchev–Trinajstić information content (AvgIpc) is 3.76. The van der Waals surface area contributed by atoms with Gasteiger partial charge in [-0.3, -0.25) is 4.79 Å². The molecule has 176 valence electrons. The first-order valence-electron chi connectivity index (χ1n) is 12.4. The van der Waals surface area contributed by atoms with Crippen molar-refractivity contribution in [3.8, 4) is 22.4 Å². The molecular formula is C30H34N2O2. The van der Waals surface area contributed by atoms with Gasteiger partial charge in [0.1, 0.15) is 0 Å². The molecule has 4 nitrogen and oxygen atoms in total. The van der Waals surface area contributed by atoms with Crippen LogP contribution >= 0.6 is 0 Å². The van der Waals surface area contributed by atoms with Crippen molar-refractivity contribution in [1.29, 1.82) is 0 Å². The van der Waals surface area contributed by atoms with E-state index in [1.165, 1.54) is 24.8 Å². The molecular weight excluding hydrogens is 420 g/mol. The summed E-state index contributed by atoms with van der Waals surface area (Å²) < 4.78 is 1.64. The lowest BCUT2D eigenvalue weighted by Gasteiger charge is -2.31. The molecule has 0 saturated heterocycles. The van der Waals surface area contributed by atoms with Crippen molar-refractivity contribution < 1.29 is 5.11 Å². The Kier molecular flexibility index (Phi) is 7.59.